The second-order valence-electron chi connectivity index (χ2n) is 3.64. The molecule has 1 aromatic heterocycles. The van der Waals surface area contributed by atoms with Gasteiger partial charge in [-0.2, -0.15) is 0 Å². The van der Waals surface area contributed by atoms with E-state index in [1.807, 2.05) is 19.9 Å². The molecule has 0 aliphatic heterocycles. The summed E-state index contributed by atoms with van der Waals surface area (Å²) < 4.78 is 0. The number of amides is 1. The molecule has 1 heterocycles. The molecular formula is C11H16ClN3O. The van der Waals surface area contributed by atoms with E-state index in [2.05, 4.69) is 15.6 Å². The lowest BCUT2D eigenvalue weighted by atomic mass is 10.1. The largest absolute Gasteiger partial charge is 0.358 e. The van der Waals surface area contributed by atoms with Crippen molar-refractivity contribution in [1.29, 1.82) is 0 Å². The van der Waals surface area contributed by atoms with Crippen LogP contribution in [0, 0.1) is 0 Å². The summed E-state index contributed by atoms with van der Waals surface area (Å²) in [6.07, 6.45) is 1.70. The third kappa shape index (κ3) is 3.47. The number of nitrogens with zero attached hydrogens (tertiary/aromatic N) is 1. The summed E-state index contributed by atoms with van der Waals surface area (Å²) in [5.74, 6) is -0.0335. The van der Waals surface area contributed by atoms with Gasteiger partial charge in [0.15, 0.2) is 0 Å². The zero-order chi connectivity index (χ0) is 12.1. The normalized spacial score (nSPS) is 14.2. The molecule has 0 fully saturated rings. The molecule has 1 rings (SSSR count). The van der Waals surface area contributed by atoms with Crippen molar-refractivity contribution in [2.45, 2.75) is 25.9 Å². The van der Waals surface area contributed by atoms with E-state index in [1.165, 1.54) is 0 Å². The first kappa shape index (κ1) is 12.9. The molecule has 1 unspecified atom stereocenters. The average molecular weight is 242 g/mol. The van der Waals surface area contributed by atoms with Crippen LogP contribution in [0.25, 0.3) is 0 Å². The summed E-state index contributed by atoms with van der Waals surface area (Å²) in [4.78, 5) is 15.3. The van der Waals surface area contributed by atoms with Gasteiger partial charge in [0.05, 0.1) is 6.04 Å². The Morgan fingerprint density at radius 3 is 2.62 bits per heavy atom. The van der Waals surface area contributed by atoms with Crippen LogP contribution >= 0.6 is 11.6 Å². The van der Waals surface area contributed by atoms with E-state index in [0.29, 0.717) is 5.15 Å². The quantitative estimate of drug-likeness (QED) is 0.786. The molecule has 0 saturated heterocycles. The summed E-state index contributed by atoms with van der Waals surface area (Å²) >= 11 is 5.70. The van der Waals surface area contributed by atoms with Crippen LogP contribution in [0.2, 0.25) is 5.15 Å². The van der Waals surface area contributed by atoms with Crippen molar-refractivity contribution in [1.82, 2.24) is 15.6 Å². The third-order valence-electron chi connectivity index (χ3n) is 2.39. The van der Waals surface area contributed by atoms with Crippen LogP contribution in [0.5, 0.6) is 0 Å². The van der Waals surface area contributed by atoms with E-state index >= 15 is 0 Å². The predicted molar refractivity (Wildman–Crippen MR) is 64.3 cm³/mol. The lowest BCUT2D eigenvalue weighted by Crippen LogP contribution is -2.41. The van der Waals surface area contributed by atoms with E-state index in [4.69, 9.17) is 11.6 Å². The third-order valence-corrected chi connectivity index (χ3v) is 2.61. The smallest absolute Gasteiger partial charge is 0.236 e. The van der Waals surface area contributed by atoms with E-state index < -0.39 is 0 Å². The summed E-state index contributed by atoms with van der Waals surface area (Å²) in [5, 5.41) is 6.23. The number of carbonyl (C=O) groups is 1. The molecule has 88 valence electrons. The predicted octanol–water partition coefficient (Wildman–Crippen LogP) is 1.52. The maximum Gasteiger partial charge on any atom is 0.236 e. The molecule has 0 aliphatic rings. The Balaban J connectivity index is 2.61. The van der Waals surface area contributed by atoms with Crippen LogP contribution in [-0.2, 0) is 4.79 Å². The molecule has 0 bridgehead atoms. The van der Waals surface area contributed by atoms with Gasteiger partial charge >= 0.3 is 0 Å². The molecule has 4 nitrogen and oxygen atoms in total. The van der Waals surface area contributed by atoms with Crippen LogP contribution in [0.3, 0.4) is 0 Å². The first-order valence-corrected chi connectivity index (χ1v) is 5.51. The molecule has 5 heteroatoms. The number of rotatable bonds is 4. The van der Waals surface area contributed by atoms with E-state index in [1.54, 1.807) is 19.3 Å². The molecule has 1 aromatic rings. The van der Waals surface area contributed by atoms with Crippen LogP contribution in [0.4, 0.5) is 0 Å². The maximum atomic E-state index is 11.3. The Morgan fingerprint density at radius 1 is 1.44 bits per heavy atom. The second-order valence-corrected chi connectivity index (χ2v) is 4.03. The fourth-order valence-electron chi connectivity index (χ4n) is 1.41. The van der Waals surface area contributed by atoms with E-state index in [9.17, 15) is 4.79 Å². The molecule has 0 spiro atoms. The van der Waals surface area contributed by atoms with Gasteiger partial charge in [0, 0.05) is 19.3 Å². The van der Waals surface area contributed by atoms with E-state index in [-0.39, 0.29) is 18.0 Å². The number of carbonyl (C=O) groups excluding carboxylic acids is 1. The van der Waals surface area contributed by atoms with Crippen LogP contribution in [0.15, 0.2) is 18.3 Å². The number of nitrogens with one attached hydrogen (secondary N) is 2. The van der Waals surface area contributed by atoms with Crippen LogP contribution in [0.1, 0.15) is 25.5 Å². The topological polar surface area (TPSA) is 54.0 Å². The Bertz CT molecular complexity index is 353. The van der Waals surface area contributed by atoms with Gasteiger partial charge in [-0.05, 0) is 25.5 Å². The van der Waals surface area contributed by atoms with Gasteiger partial charge in [-0.25, -0.2) is 4.98 Å². The summed E-state index contributed by atoms with van der Waals surface area (Å²) in [6.45, 7) is 3.79. The fourth-order valence-corrected chi connectivity index (χ4v) is 1.52. The number of hydrogen-bond donors (Lipinski definition) is 2. The highest BCUT2D eigenvalue weighted by Gasteiger charge is 2.14. The van der Waals surface area contributed by atoms with Crippen LogP contribution in [-0.4, -0.2) is 24.0 Å². The molecule has 16 heavy (non-hydrogen) atoms. The standard InChI is InChI=1S/C11H16ClN3O/c1-7(15-8(2)11(16)13-3)9-4-5-10(12)14-6-9/h4-8,15H,1-3H3,(H,13,16)/t7?,8-/m1/s1. The zero-order valence-corrected chi connectivity index (χ0v) is 10.4. The van der Waals surface area contributed by atoms with Crippen molar-refractivity contribution >= 4 is 17.5 Å². The highest BCUT2D eigenvalue weighted by Crippen LogP contribution is 2.13. The van der Waals surface area contributed by atoms with Crippen molar-refractivity contribution in [3.63, 3.8) is 0 Å². The number of hydrogen-bond acceptors (Lipinski definition) is 3. The Hall–Kier alpha value is -1.13. The molecule has 0 aromatic carbocycles. The van der Waals surface area contributed by atoms with Crippen molar-refractivity contribution in [3.8, 4) is 0 Å². The van der Waals surface area contributed by atoms with Gasteiger partial charge in [-0.3, -0.25) is 10.1 Å². The summed E-state index contributed by atoms with van der Waals surface area (Å²) in [6, 6.07) is 3.44. The lowest BCUT2D eigenvalue weighted by Gasteiger charge is -2.18. The number of pyridine rings is 1. The first-order valence-electron chi connectivity index (χ1n) is 5.13. The molecule has 0 aliphatic carbocycles. The molecule has 1 amide bonds. The molecule has 0 saturated carbocycles. The van der Waals surface area contributed by atoms with Gasteiger partial charge in [-0.15, -0.1) is 0 Å². The minimum Gasteiger partial charge on any atom is -0.358 e. The van der Waals surface area contributed by atoms with Gasteiger partial charge in [0.25, 0.3) is 0 Å². The van der Waals surface area contributed by atoms with E-state index in [0.717, 1.165) is 5.56 Å². The minimum atomic E-state index is -0.240. The minimum absolute atomic E-state index is 0.0335. The number of halogens is 1. The van der Waals surface area contributed by atoms with Gasteiger partial charge in [0.1, 0.15) is 5.15 Å². The van der Waals surface area contributed by atoms with Gasteiger partial charge in [0.2, 0.25) is 5.91 Å². The summed E-state index contributed by atoms with van der Waals surface area (Å²) in [5.41, 5.74) is 1.00. The fraction of sp³-hybridized carbons (Fsp3) is 0.455. The highest BCUT2D eigenvalue weighted by atomic mass is 35.5. The van der Waals surface area contributed by atoms with Crippen molar-refractivity contribution in [2.75, 3.05) is 7.05 Å². The first-order chi connectivity index (χ1) is 7.54. The second kappa shape index (κ2) is 5.82. The van der Waals surface area contributed by atoms with Gasteiger partial charge < -0.3 is 5.32 Å². The Kier molecular flexibility index (Phi) is 4.71. The SMILES string of the molecule is CNC(=O)[C@@H](C)NC(C)c1ccc(Cl)nc1. The Labute approximate surface area is 100 Å². The number of likely N-dealkylation sites (N-methyl/N-ethyl adjacent to an activating group) is 1. The zero-order valence-electron chi connectivity index (χ0n) is 9.62. The molecule has 2 N–H and O–H groups in total. The lowest BCUT2D eigenvalue weighted by molar-refractivity contribution is -0.122. The highest BCUT2D eigenvalue weighted by molar-refractivity contribution is 6.29. The monoisotopic (exact) mass is 241 g/mol. The van der Waals surface area contributed by atoms with Gasteiger partial charge in [-0.1, -0.05) is 17.7 Å². The molecule has 2 atom stereocenters. The van der Waals surface area contributed by atoms with Crippen molar-refractivity contribution in [3.05, 3.63) is 29.0 Å². The Morgan fingerprint density at radius 2 is 2.12 bits per heavy atom. The van der Waals surface area contributed by atoms with Crippen LogP contribution < -0.4 is 10.6 Å². The molecular weight excluding hydrogens is 226 g/mol. The average Bonchev–Trinajstić information content (AvgIpc) is 2.28. The van der Waals surface area contributed by atoms with Crippen molar-refractivity contribution < 1.29 is 4.79 Å². The number of aromatic nitrogens is 1. The van der Waals surface area contributed by atoms with Crippen molar-refractivity contribution in [2.24, 2.45) is 0 Å². The summed E-state index contributed by atoms with van der Waals surface area (Å²) in [7, 11) is 1.62. The molecule has 0 radical (unpaired) electrons. The maximum absolute atomic E-state index is 11.3.